The number of ether oxygens (including phenoxy) is 6. The molecule has 58 heavy (non-hydrogen) atoms. The van der Waals surface area contributed by atoms with Gasteiger partial charge in [-0.05, 0) is 56.6 Å². The maximum atomic E-state index is 12.4. The summed E-state index contributed by atoms with van der Waals surface area (Å²) in [4.78, 5) is 0. The molecule has 0 atom stereocenters. The third kappa shape index (κ3) is 8.16. The molecule has 3 aliphatic heterocycles. The molecule has 0 spiro atoms. The highest BCUT2D eigenvalue weighted by Crippen LogP contribution is 2.52. The van der Waals surface area contributed by atoms with Gasteiger partial charge in [-0.1, -0.05) is 133 Å². The Balaban J connectivity index is 0.000000214. The largest absolute Gasteiger partial charge is 0.377 e. The van der Waals surface area contributed by atoms with E-state index in [-0.39, 0.29) is 0 Å². The van der Waals surface area contributed by atoms with E-state index >= 15 is 0 Å². The van der Waals surface area contributed by atoms with Crippen molar-refractivity contribution in [3.05, 3.63) is 179 Å². The second-order valence-electron chi connectivity index (χ2n) is 14.4. The topological polar surface area (TPSA) is 95.8 Å². The first-order chi connectivity index (χ1) is 28.6. The second-order valence-corrected chi connectivity index (χ2v) is 14.4. The van der Waals surface area contributed by atoms with E-state index < -0.39 is 11.2 Å². The number of benzene rings is 6. The van der Waals surface area contributed by atoms with Crippen LogP contribution in [-0.2, 0) is 39.6 Å². The van der Waals surface area contributed by atoms with Crippen LogP contribution in [0.25, 0.3) is 33.4 Å². The van der Waals surface area contributed by atoms with Crippen LogP contribution in [0.5, 0.6) is 0 Å². The van der Waals surface area contributed by atoms with E-state index in [0.29, 0.717) is 0 Å². The molecule has 0 aromatic heterocycles. The normalized spacial score (nSPS) is 17.9. The Morgan fingerprint density at radius 2 is 0.534 bits per heavy atom. The molecule has 0 bridgehead atoms. The van der Waals surface area contributed by atoms with Gasteiger partial charge >= 0.3 is 0 Å². The van der Waals surface area contributed by atoms with Gasteiger partial charge in [0, 0.05) is 22.3 Å². The Kier molecular flexibility index (Phi) is 12.8. The molecular weight excluding hydrogens is 729 g/mol. The van der Waals surface area contributed by atoms with Crippen molar-refractivity contribution in [3.8, 4) is 33.4 Å². The Bertz CT molecular complexity index is 1980. The minimum Gasteiger partial charge on any atom is -0.377 e. The first-order valence-electron chi connectivity index (χ1n) is 20.1. The van der Waals surface area contributed by atoms with Gasteiger partial charge < -0.3 is 38.6 Å². The summed E-state index contributed by atoms with van der Waals surface area (Å²) in [6.45, 7) is 9.33. The molecule has 6 aromatic rings. The first-order valence-corrected chi connectivity index (χ1v) is 20.1. The van der Waals surface area contributed by atoms with E-state index in [1.165, 1.54) is 0 Å². The molecule has 8 nitrogen and oxygen atoms in total. The van der Waals surface area contributed by atoms with E-state index in [1.54, 1.807) is 0 Å². The van der Waals surface area contributed by atoms with Gasteiger partial charge in [0.15, 0.2) is 0 Å². The molecule has 3 saturated heterocycles. The summed E-state index contributed by atoms with van der Waals surface area (Å²) in [5.41, 5.74) is 8.97. The average Bonchev–Trinajstić information content (AvgIpc) is 3.75. The predicted octanol–water partition coefficient (Wildman–Crippen LogP) is 7.98. The van der Waals surface area contributed by atoms with Gasteiger partial charge in [0.05, 0.1) is 79.3 Å². The van der Waals surface area contributed by atoms with Crippen molar-refractivity contribution < 1.29 is 38.6 Å². The number of hydrogen-bond donors (Lipinski definition) is 2. The lowest BCUT2D eigenvalue weighted by molar-refractivity contribution is -0.0334. The fourth-order valence-corrected chi connectivity index (χ4v) is 8.21. The molecule has 6 aromatic carbocycles. The van der Waals surface area contributed by atoms with Crippen LogP contribution >= 0.6 is 0 Å². The Hall–Kier alpha value is -5.00. The van der Waals surface area contributed by atoms with E-state index in [4.69, 9.17) is 28.4 Å². The van der Waals surface area contributed by atoms with Crippen LogP contribution in [0.1, 0.15) is 33.4 Å². The van der Waals surface area contributed by atoms with Crippen LogP contribution < -0.4 is 0 Å². The van der Waals surface area contributed by atoms with Crippen LogP contribution in [-0.4, -0.2) is 89.5 Å². The highest BCUT2D eigenvalue weighted by atomic mass is 16.6. The van der Waals surface area contributed by atoms with Gasteiger partial charge in [-0.15, -0.1) is 0 Å². The third-order valence-corrected chi connectivity index (χ3v) is 11.0. The summed E-state index contributed by atoms with van der Waals surface area (Å²) in [6.07, 6.45) is 0. The molecule has 11 rings (SSSR count). The summed E-state index contributed by atoms with van der Waals surface area (Å²) in [7, 11) is 0. The van der Waals surface area contributed by atoms with Gasteiger partial charge in [-0.3, -0.25) is 0 Å². The Morgan fingerprint density at radius 1 is 0.293 bits per heavy atom. The van der Waals surface area contributed by atoms with Crippen molar-refractivity contribution in [3.63, 3.8) is 0 Å². The fraction of sp³-hybridized carbons (Fsp3) is 0.280. The van der Waals surface area contributed by atoms with Crippen molar-refractivity contribution in [2.75, 3.05) is 79.3 Å². The smallest absolute Gasteiger partial charge is 0.141 e. The average molecular weight is 779 g/mol. The van der Waals surface area contributed by atoms with Gasteiger partial charge in [-0.2, -0.15) is 0 Å². The van der Waals surface area contributed by atoms with Crippen molar-refractivity contribution >= 4 is 0 Å². The summed E-state index contributed by atoms with van der Waals surface area (Å²) < 4.78 is 29.7. The van der Waals surface area contributed by atoms with Crippen molar-refractivity contribution in [1.82, 2.24) is 0 Å². The predicted molar refractivity (Wildman–Crippen MR) is 225 cm³/mol. The first kappa shape index (κ1) is 39.8. The summed E-state index contributed by atoms with van der Waals surface area (Å²) >= 11 is 0. The molecule has 0 radical (unpaired) electrons. The van der Waals surface area contributed by atoms with Crippen molar-refractivity contribution in [2.24, 2.45) is 0 Å². The number of fused-ring (bicyclic) bond motifs is 6. The molecule has 2 N–H and O–H groups in total. The fourth-order valence-electron chi connectivity index (χ4n) is 8.21. The van der Waals surface area contributed by atoms with Crippen LogP contribution in [0, 0.1) is 0 Å². The zero-order valence-electron chi connectivity index (χ0n) is 32.7. The summed E-state index contributed by atoms with van der Waals surface area (Å²) in [6, 6.07) is 48.8. The zero-order valence-corrected chi connectivity index (χ0v) is 32.7. The molecule has 298 valence electrons. The van der Waals surface area contributed by atoms with E-state index in [0.717, 1.165) is 146 Å². The lowest BCUT2D eigenvalue weighted by Crippen LogP contribution is -2.26. The molecule has 0 saturated carbocycles. The monoisotopic (exact) mass is 778 g/mol. The maximum absolute atomic E-state index is 12.4. The number of rotatable bonds is 3. The molecule has 8 heteroatoms. The van der Waals surface area contributed by atoms with Crippen LogP contribution in [0.3, 0.4) is 0 Å². The zero-order chi connectivity index (χ0) is 39.6. The van der Waals surface area contributed by atoms with Gasteiger partial charge in [0.2, 0.25) is 0 Å². The van der Waals surface area contributed by atoms with E-state index in [9.17, 15) is 10.2 Å². The lowest BCUT2D eigenvalue weighted by Gasteiger charge is -2.28. The molecule has 3 heterocycles. The Labute approximate surface area is 340 Å². The van der Waals surface area contributed by atoms with Gasteiger partial charge in [0.1, 0.15) is 11.2 Å². The Morgan fingerprint density at radius 3 is 0.776 bits per heavy atom. The molecule has 3 fully saturated rings. The standard InChI is InChI=1S/C38H26O2.3C4H8O2/c39-37(33-19-5-1-15-29(33)30-16-2-6-20-34(30)37)27-13-9-11-25(23-27)26-12-10-14-28(24-26)38(40)35-21-7-3-17-31(35)32-18-4-8-22-36(32)38;3*1-2-6-4-3-5-1/h1-24,39-40H;3*1-4H2. The van der Waals surface area contributed by atoms with Gasteiger partial charge in [-0.25, -0.2) is 0 Å². The lowest BCUT2D eigenvalue weighted by atomic mass is 9.81. The van der Waals surface area contributed by atoms with Crippen LogP contribution in [0.2, 0.25) is 0 Å². The molecule has 0 amide bonds. The highest BCUT2D eigenvalue weighted by molar-refractivity contribution is 5.84. The number of aliphatic hydroxyl groups is 2. The SMILES string of the molecule is C1COCCO1.C1COCCO1.C1COCCO1.OC1(c2cccc(-c3cccc(C4(O)c5ccccc5-c5ccccc54)c3)c2)c2ccccc2-c2ccccc21. The minimum absolute atomic E-state index is 0.778. The van der Waals surface area contributed by atoms with Crippen LogP contribution in [0.4, 0.5) is 0 Å². The quantitative estimate of drug-likeness (QED) is 0.187. The second kappa shape index (κ2) is 18.7. The molecule has 5 aliphatic rings. The third-order valence-electron chi connectivity index (χ3n) is 11.0. The molecular formula is C50H50O8. The maximum Gasteiger partial charge on any atom is 0.141 e. The van der Waals surface area contributed by atoms with Crippen LogP contribution in [0.15, 0.2) is 146 Å². The molecule has 0 unspecified atom stereocenters. The van der Waals surface area contributed by atoms with E-state index in [2.05, 4.69) is 48.5 Å². The summed E-state index contributed by atoms with van der Waals surface area (Å²) in [5.74, 6) is 0. The highest BCUT2D eigenvalue weighted by Gasteiger charge is 2.44. The number of hydrogen-bond acceptors (Lipinski definition) is 8. The van der Waals surface area contributed by atoms with Gasteiger partial charge in [0.25, 0.3) is 0 Å². The van der Waals surface area contributed by atoms with Crippen molar-refractivity contribution in [1.29, 1.82) is 0 Å². The van der Waals surface area contributed by atoms with E-state index in [1.807, 2.05) is 97.1 Å². The minimum atomic E-state index is -1.25. The van der Waals surface area contributed by atoms with Crippen molar-refractivity contribution in [2.45, 2.75) is 11.2 Å². The summed E-state index contributed by atoms with van der Waals surface area (Å²) in [5, 5.41) is 24.8. The molecule has 2 aliphatic carbocycles.